The van der Waals surface area contributed by atoms with Gasteiger partial charge >= 0.3 is 0 Å². The van der Waals surface area contributed by atoms with Crippen LogP contribution >= 0.6 is 0 Å². The minimum Gasteiger partial charge on any atom is -0.311 e. The lowest BCUT2D eigenvalue weighted by molar-refractivity contribution is 0.420. The van der Waals surface area contributed by atoms with Gasteiger partial charge in [-0.2, -0.15) is 0 Å². The summed E-state index contributed by atoms with van der Waals surface area (Å²) in [5.74, 6) is 0.841. The van der Waals surface area contributed by atoms with Crippen molar-refractivity contribution in [3.05, 3.63) is 24.3 Å². The molecule has 0 aliphatic carbocycles. The Balaban J connectivity index is 2.08. The maximum atomic E-state index is 4.13. The van der Waals surface area contributed by atoms with Crippen LogP contribution in [0.4, 0.5) is 0 Å². The smallest absolute Gasteiger partial charge is 0.141 e. The van der Waals surface area contributed by atoms with E-state index in [-0.39, 0.29) is 5.54 Å². The second-order valence-corrected chi connectivity index (χ2v) is 4.52. The van der Waals surface area contributed by atoms with Gasteiger partial charge in [0.15, 0.2) is 0 Å². The highest BCUT2D eigenvalue weighted by atomic mass is 15.0. The zero-order valence-electron chi connectivity index (χ0n) is 9.75. The summed E-state index contributed by atoms with van der Waals surface area (Å²) >= 11 is 0. The molecule has 0 radical (unpaired) electrons. The molecule has 2 N–H and O–H groups in total. The summed E-state index contributed by atoms with van der Waals surface area (Å²) < 4.78 is 0. The Morgan fingerprint density at radius 1 is 1.13 bits per heavy atom. The van der Waals surface area contributed by atoms with E-state index in [0.29, 0.717) is 0 Å². The first kappa shape index (κ1) is 12.1. The van der Waals surface area contributed by atoms with E-state index in [2.05, 4.69) is 41.4 Å². The fourth-order valence-corrected chi connectivity index (χ4v) is 1.15. The molecule has 0 saturated carbocycles. The van der Waals surface area contributed by atoms with Crippen molar-refractivity contribution in [3.8, 4) is 0 Å². The number of aromatic nitrogens is 2. The monoisotopic (exact) mass is 208 g/mol. The topological polar surface area (TPSA) is 49.8 Å². The van der Waals surface area contributed by atoms with Gasteiger partial charge < -0.3 is 10.6 Å². The molecule has 1 aromatic heterocycles. The first-order valence-corrected chi connectivity index (χ1v) is 5.29. The molecule has 0 amide bonds. The van der Waals surface area contributed by atoms with E-state index in [1.165, 1.54) is 0 Å². The van der Waals surface area contributed by atoms with Gasteiger partial charge in [0, 0.05) is 31.0 Å². The Bertz CT molecular complexity index is 266. The Kier molecular flexibility index (Phi) is 4.65. The third-order valence-corrected chi connectivity index (χ3v) is 1.86. The molecule has 0 aromatic carbocycles. The summed E-state index contributed by atoms with van der Waals surface area (Å²) in [7, 11) is 0. The van der Waals surface area contributed by atoms with E-state index in [4.69, 9.17) is 0 Å². The van der Waals surface area contributed by atoms with Crippen molar-refractivity contribution >= 4 is 0 Å². The maximum Gasteiger partial charge on any atom is 0.141 e. The Hall–Kier alpha value is -1.00. The molecule has 0 aliphatic rings. The predicted octanol–water partition coefficient (Wildman–Crippen LogP) is 0.954. The summed E-state index contributed by atoms with van der Waals surface area (Å²) in [6, 6.07) is 1.82. The zero-order valence-corrected chi connectivity index (χ0v) is 9.75. The van der Waals surface area contributed by atoms with Gasteiger partial charge in [0.2, 0.25) is 0 Å². The maximum absolute atomic E-state index is 4.13. The van der Waals surface area contributed by atoms with E-state index in [0.717, 1.165) is 25.5 Å². The second kappa shape index (κ2) is 5.78. The molecule has 0 aliphatic heterocycles. The van der Waals surface area contributed by atoms with Gasteiger partial charge in [-0.25, -0.2) is 9.97 Å². The van der Waals surface area contributed by atoms with E-state index in [1.807, 2.05) is 6.07 Å². The van der Waals surface area contributed by atoms with Crippen molar-refractivity contribution in [1.82, 2.24) is 20.6 Å². The quantitative estimate of drug-likeness (QED) is 0.708. The Morgan fingerprint density at radius 3 is 2.40 bits per heavy atom. The Morgan fingerprint density at radius 2 is 1.80 bits per heavy atom. The number of hydrogen-bond donors (Lipinski definition) is 2. The summed E-state index contributed by atoms with van der Waals surface area (Å²) in [4.78, 5) is 8.26. The molecule has 1 rings (SSSR count). The zero-order chi connectivity index (χ0) is 11.1. The van der Waals surface area contributed by atoms with Crippen molar-refractivity contribution in [2.24, 2.45) is 0 Å². The molecule has 0 spiro atoms. The summed E-state index contributed by atoms with van der Waals surface area (Å²) in [6.07, 6.45) is 3.52. The average Bonchev–Trinajstić information content (AvgIpc) is 2.17. The van der Waals surface area contributed by atoms with Crippen LogP contribution in [0, 0.1) is 0 Å². The van der Waals surface area contributed by atoms with Crippen molar-refractivity contribution in [1.29, 1.82) is 0 Å². The molecule has 84 valence electrons. The van der Waals surface area contributed by atoms with Crippen LogP contribution in [-0.4, -0.2) is 28.6 Å². The van der Waals surface area contributed by atoms with Gasteiger partial charge in [0.05, 0.1) is 6.54 Å². The average molecular weight is 208 g/mol. The molecule has 0 saturated heterocycles. The second-order valence-electron chi connectivity index (χ2n) is 4.52. The van der Waals surface area contributed by atoms with E-state index >= 15 is 0 Å². The molecule has 1 heterocycles. The van der Waals surface area contributed by atoms with Gasteiger partial charge in [0.25, 0.3) is 0 Å². The number of hydrogen-bond acceptors (Lipinski definition) is 4. The molecule has 1 aromatic rings. The molecule has 0 bridgehead atoms. The molecule has 0 fully saturated rings. The van der Waals surface area contributed by atoms with Crippen LogP contribution in [0.5, 0.6) is 0 Å². The first-order valence-electron chi connectivity index (χ1n) is 5.29. The highest BCUT2D eigenvalue weighted by Gasteiger charge is 2.06. The molecule has 15 heavy (non-hydrogen) atoms. The van der Waals surface area contributed by atoms with Gasteiger partial charge in [-0.3, -0.25) is 0 Å². The Labute approximate surface area is 91.5 Å². The van der Waals surface area contributed by atoms with Crippen LogP contribution in [0.15, 0.2) is 18.5 Å². The van der Waals surface area contributed by atoms with Gasteiger partial charge in [-0.15, -0.1) is 0 Å². The van der Waals surface area contributed by atoms with Gasteiger partial charge in [-0.1, -0.05) is 0 Å². The lowest BCUT2D eigenvalue weighted by Gasteiger charge is -2.20. The minimum atomic E-state index is 0.185. The van der Waals surface area contributed by atoms with Crippen LogP contribution in [0.3, 0.4) is 0 Å². The molecular formula is C11H20N4. The molecule has 0 atom stereocenters. The van der Waals surface area contributed by atoms with Crippen LogP contribution in [0.2, 0.25) is 0 Å². The standard InChI is InChI=1S/C11H20N4/c1-11(2,3)15-8-7-12-9-10-13-5-4-6-14-10/h4-6,12,15H,7-9H2,1-3H3. The third-order valence-electron chi connectivity index (χ3n) is 1.86. The lowest BCUT2D eigenvalue weighted by Crippen LogP contribution is -2.40. The SMILES string of the molecule is CC(C)(C)NCCNCc1ncccn1. The molecular weight excluding hydrogens is 188 g/mol. The van der Waals surface area contributed by atoms with Crippen LogP contribution < -0.4 is 10.6 Å². The van der Waals surface area contributed by atoms with Crippen molar-refractivity contribution in [2.45, 2.75) is 32.9 Å². The number of nitrogens with one attached hydrogen (secondary N) is 2. The fraction of sp³-hybridized carbons (Fsp3) is 0.636. The summed E-state index contributed by atoms with van der Waals surface area (Å²) in [5.41, 5.74) is 0.185. The van der Waals surface area contributed by atoms with Crippen LogP contribution in [0.1, 0.15) is 26.6 Å². The largest absolute Gasteiger partial charge is 0.311 e. The summed E-state index contributed by atoms with van der Waals surface area (Å²) in [6.45, 7) is 9.09. The van der Waals surface area contributed by atoms with E-state index < -0.39 is 0 Å². The highest BCUT2D eigenvalue weighted by molar-refractivity contribution is 4.87. The van der Waals surface area contributed by atoms with E-state index in [1.54, 1.807) is 12.4 Å². The number of nitrogens with zero attached hydrogens (tertiary/aromatic N) is 2. The lowest BCUT2D eigenvalue weighted by atomic mass is 10.1. The van der Waals surface area contributed by atoms with Crippen molar-refractivity contribution in [3.63, 3.8) is 0 Å². The molecule has 4 nitrogen and oxygen atoms in total. The first-order chi connectivity index (χ1) is 7.08. The highest BCUT2D eigenvalue weighted by Crippen LogP contribution is 1.96. The minimum absolute atomic E-state index is 0.185. The fourth-order valence-electron chi connectivity index (χ4n) is 1.15. The third kappa shape index (κ3) is 6.14. The molecule has 4 heteroatoms. The van der Waals surface area contributed by atoms with Gasteiger partial charge in [0.1, 0.15) is 5.82 Å². The predicted molar refractivity (Wildman–Crippen MR) is 61.5 cm³/mol. The molecule has 0 unspecified atom stereocenters. The van der Waals surface area contributed by atoms with E-state index in [9.17, 15) is 0 Å². The van der Waals surface area contributed by atoms with Gasteiger partial charge in [-0.05, 0) is 26.8 Å². The van der Waals surface area contributed by atoms with Crippen LogP contribution in [0.25, 0.3) is 0 Å². The van der Waals surface area contributed by atoms with Crippen LogP contribution in [-0.2, 0) is 6.54 Å². The number of rotatable bonds is 5. The normalized spacial score (nSPS) is 11.7. The van der Waals surface area contributed by atoms with Crippen molar-refractivity contribution in [2.75, 3.05) is 13.1 Å². The van der Waals surface area contributed by atoms with Crippen molar-refractivity contribution < 1.29 is 0 Å². The summed E-state index contributed by atoms with van der Waals surface area (Å²) in [5, 5.41) is 6.69.